The molecule has 116 valence electrons. The van der Waals surface area contributed by atoms with Gasteiger partial charge < -0.3 is 9.47 Å². The molecule has 0 radical (unpaired) electrons. The highest BCUT2D eigenvalue weighted by Crippen LogP contribution is 2.19. The fourth-order valence-corrected chi connectivity index (χ4v) is 2.45. The number of carbonyl (C=O) groups is 1. The van der Waals surface area contributed by atoms with Gasteiger partial charge in [0.25, 0.3) is 0 Å². The summed E-state index contributed by atoms with van der Waals surface area (Å²) in [6.45, 7) is 0.436. The van der Waals surface area contributed by atoms with Crippen LogP contribution in [-0.4, -0.2) is 33.7 Å². The van der Waals surface area contributed by atoms with Crippen LogP contribution in [0.4, 0.5) is 8.78 Å². The molecule has 1 unspecified atom stereocenters. The Labute approximate surface area is 119 Å². The molecule has 6 nitrogen and oxygen atoms in total. The number of halogens is 2. The molecule has 1 heterocycles. The molecular formula is C12H13F2NO5S. The van der Waals surface area contributed by atoms with E-state index in [0.29, 0.717) is 25.2 Å². The van der Waals surface area contributed by atoms with Crippen LogP contribution in [0.5, 0.6) is 0 Å². The van der Waals surface area contributed by atoms with Crippen molar-refractivity contribution in [1.82, 2.24) is 0 Å². The average molecular weight is 321 g/mol. The number of hydrogen-bond donors (Lipinski definition) is 1. The van der Waals surface area contributed by atoms with Gasteiger partial charge in [0.2, 0.25) is 10.0 Å². The molecule has 1 aromatic rings. The Morgan fingerprint density at radius 2 is 2.14 bits per heavy atom. The Hall–Kier alpha value is -1.58. The van der Waals surface area contributed by atoms with Gasteiger partial charge in [0.15, 0.2) is 11.6 Å². The molecule has 21 heavy (non-hydrogen) atoms. The molecule has 0 spiro atoms. The number of benzene rings is 1. The molecule has 0 aromatic heterocycles. The number of sulfonamides is 1. The number of nitrogens with two attached hydrogens (primary N) is 1. The minimum atomic E-state index is -4.27. The minimum Gasteiger partial charge on any atom is -0.459 e. The third-order valence-corrected chi connectivity index (χ3v) is 3.87. The summed E-state index contributed by atoms with van der Waals surface area (Å²) in [5, 5.41) is 4.83. The lowest BCUT2D eigenvalue weighted by Gasteiger charge is -2.11. The maximum absolute atomic E-state index is 13.6. The molecule has 1 saturated heterocycles. The highest BCUT2D eigenvalue weighted by Gasteiger charge is 2.24. The zero-order chi connectivity index (χ0) is 15.6. The van der Waals surface area contributed by atoms with Gasteiger partial charge in [-0.15, -0.1) is 0 Å². The molecule has 0 amide bonds. The zero-order valence-corrected chi connectivity index (χ0v) is 11.7. The predicted molar refractivity (Wildman–Crippen MR) is 67.0 cm³/mol. The summed E-state index contributed by atoms with van der Waals surface area (Å²) in [7, 11) is -4.27. The Kier molecular flexibility index (Phi) is 4.55. The van der Waals surface area contributed by atoms with Gasteiger partial charge in [-0.25, -0.2) is 27.1 Å². The van der Waals surface area contributed by atoms with Crippen LogP contribution in [0.15, 0.2) is 17.0 Å². The molecular weight excluding hydrogens is 308 g/mol. The zero-order valence-electron chi connectivity index (χ0n) is 10.8. The molecule has 0 bridgehead atoms. The summed E-state index contributed by atoms with van der Waals surface area (Å²) in [4.78, 5) is 11.0. The van der Waals surface area contributed by atoms with Crippen LogP contribution in [-0.2, 0) is 19.5 Å². The van der Waals surface area contributed by atoms with Crippen molar-refractivity contribution in [3.05, 3.63) is 29.3 Å². The number of esters is 1. The van der Waals surface area contributed by atoms with Gasteiger partial charge in [-0.05, 0) is 25.0 Å². The largest absolute Gasteiger partial charge is 0.459 e. The van der Waals surface area contributed by atoms with Crippen LogP contribution in [0.2, 0.25) is 0 Å². The highest BCUT2D eigenvalue weighted by molar-refractivity contribution is 7.89. The van der Waals surface area contributed by atoms with Crippen molar-refractivity contribution in [3.8, 4) is 0 Å². The monoisotopic (exact) mass is 321 g/mol. The number of rotatable bonds is 4. The summed E-state index contributed by atoms with van der Waals surface area (Å²) in [6, 6.07) is 1.05. The molecule has 1 aliphatic heterocycles. The second-order valence-electron chi connectivity index (χ2n) is 4.55. The third kappa shape index (κ3) is 3.74. The fraction of sp³-hybridized carbons (Fsp3) is 0.417. The van der Waals surface area contributed by atoms with Gasteiger partial charge in [0.1, 0.15) is 6.61 Å². The van der Waals surface area contributed by atoms with Crippen molar-refractivity contribution < 1.29 is 31.5 Å². The lowest BCUT2D eigenvalue weighted by atomic mass is 10.2. The van der Waals surface area contributed by atoms with Crippen molar-refractivity contribution in [1.29, 1.82) is 0 Å². The van der Waals surface area contributed by atoms with Gasteiger partial charge in [0.05, 0.1) is 16.6 Å². The average Bonchev–Trinajstić information content (AvgIpc) is 2.91. The summed E-state index contributed by atoms with van der Waals surface area (Å²) in [5.74, 6) is -4.15. The molecule has 2 N–H and O–H groups in total. The molecule has 0 saturated carbocycles. The predicted octanol–water partition coefficient (Wildman–Crippen LogP) is 0.948. The first-order valence-corrected chi connectivity index (χ1v) is 7.64. The Balaban J connectivity index is 2.21. The van der Waals surface area contributed by atoms with E-state index in [-0.39, 0.29) is 12.7 Å². The number of ether oxygens (including phenoxy) is 2. The molecule has 2 rings (SSSR count). The summed E-state index contributed by atoms with van der Waals surface area (Å²) in [6.07, 6.45) is 1.23. The van der Waals surface area contributed by atoms with Gasteiger partial charge in [-0.2, -0.15) is 0 Å². The maximum atomic E-state index is 13.6. The molecule has 1 aromatic carbocycles. The molecule has 1 fully saturated rings. The van der Waals surface area contributed by atoms with Crippen molar-refractivity contribution in [2.24, 2.45) is 5.14 Å². The minimum absolute atomic E-state index is 0.112. The standard InChI is InChI=1S/C12H13F2NO5S/c13-10-5-8(21(15,17)18)4-9(11(10)14)12(16)20-6-7-2-1-3-19-7/h4-5,7H,1-3,6H2,(H2,15,17,18). The highest BCUT2D eigenvalue weighted by atomic mass is 32.2. The first-order valence-electron chi connectivity index (χ1n) is 6.09. The number of hydrogen-bond acceptors (Lipinski definition) is 5. The SMILES string of the molecule is NS(=O)(=O)c1cc(F)c(F)c(C(=O)OCC2CCCO2)c1. The van der Waals surface area contributed by atoms with Crippen LogP contribution >= 0.6 is 0 Å². The lowest BCUT2D eigenvalue weighted by Crippen LogP contribution is -2.20. The van der Waals surface area contributed by atoms with Crippen molar-refractivity contribution in [3.63, 3.8) is 0 Å². The van der Waals surface area contributed by atoms with Gasteiger partial charge in [0, 0.05) is 6.61 Å². The van der Waals surface area contributed by atoms with Crippen LogP contribution in [0.3, 0.4) is 0 Å². The second kappa shape index (κ2) is 6.04. The van der Waals surface area contributed by atoms with Crippen molar-refractivity contribution in [2.45, 2.75) is 23.8 Å². The topological polar surface area (TPSA) is 95.7 Å². The molecule has 9 heteroatoms. The Bertz CT molecular complexity index is 656. The summed E-state index contributed by atoms with van der Waals surface area (Å²) in [5.41, 5.74) is -0.822. The van der Waals surface area contributed by atoms with E-state index < -0.39 is 38.1 Å². The van der Waals surface area contributed by atoms with Crippen molar-refractivity contribution >= 4 is 16.0 Å². The summed E-state index contributed by atoms with van der Waals surface area (Å²) < 4.78 is 59.3. The second-order valence-corrected chi connectivity index (χ2v) is 6.11. The van der Waals surface area contributed by atoms with Crippen molar-refractivity contribution in [2.75, 3.05) is 13.2 Å². The van der Waals surface area contributed by atoms with E-state index in [1.807, 2.05) is 0 Å². The maximum Gasteiger partial charge on any atom is 0.341 e. The van der Waals surface area contributed by atoms with E-state index >= 15 is 0 Å². The normalized spacial score (nSPS) is 18.7. The van der Waals surface area contributed by atoms with E-state index in [2.05, 4.69) is 0 Å². The summed E-state index contributed by atoms with van der Waals surface area (Å²) >= 11 is 0. The third-order valence-electron chi connectivity index (χ3n) is 2.97. The Morgan fingerprint density at radius 3 is 2.71 bits per heavy atom. The van der Waals surface area contributed by atoms with E-state index in [4.69, 9.17) is 14.6 Å². The first kappa shape index (κ1) is 15.8. The fourth-order valence-electron chi connectivity index (χ4n) is 1.90. The molecule has 1 aliphatic rings. The van der Waals surface area contributed by atoms with E-state index in [9.17, 15) is 22.0 Å². The van der Waals surface area contributed by atoms with E-state index in [1.54, 1.807) is 0 Å². The lowest BCUT2D eigenvalue weighted by molar-refractivity contribution is 0.0156. The number of primary sulfonamides is 1. The smallest absolute Gasteiger partial charge is 0.341 e. The van der Waals surface area contributed by atoms with Crippen LogP contribution in [0.25, 0.3) is 0 Å². The van der Waals surface area contributed by atoms with E-state index in [0.717, 1.165) is 6.42 Å². The van der Waals surface area contributed by atoms with Gasteiger partial charge in [-0.3, -0.25) is 0 Å². The van der Waals surface area contributed by atoms with Crippen LogP contribution in [0, 0.1) is 11.6 Å². The molecule has 1 atom stereocenters. The quantitative estimate of drug-likeness (QED) is 0.833. The van der Waals surface area contributed by atoms with E-state index in [1.165, 1.54) is 0 Å². The van der Waals surface area contributed by atoms with Gasteiger partial charge >= 0.3 is 5.97 Å². The molecule has 0 aliphatic carbocycles. The Morgan fingerprint density at radius 1 is 1.43 bits per heavy atom. The number of carbonyl (C=O) groups excluding carboxylic acids is 1. The van der Waals surface area contributed by atoms with Crippen LogP contribution in [0.1, 0.15) is 23.2 Å². The van der Waals surface area contributed by atoms with Crippen LogP contribution < -0.4 is 5.14 Å². The first-order chi connectivity index (χ1) is 9.79. The van der Waals surface area contributed by atoms with Gasteiger partial charge in [-0.1, -0.05) is 0 Å².